The summed E-state index contributed by atoms with van der Waals surface area (Å²) < 4.78 is 0. The van der Waals surface area contributed by atoms with E-state index in [-0.39, 0.29) is 5.78 Å². The molecule has 23 heavy (non-hydrogen) atoms. The fraction of sp³-hybridized carbons (Fsp3) is 0.111. The standard InChI is InChI=1S/C18H15N3OS/c1-13-5-7-14(8-6-13)17(22)12-23-18-10-9-16(20-21-18)15-4-2-3-11-19-15/h2-11H,12H2,1H3. The van der Waals surface area contributed by atoms with E-state index in [0.29, 0.717) is 5.75 Å². The van der Waals surface area contributed by atoms with Crippen LogP contribution >= 0.6 is 11.8 Å². The molecule has 0 bridgehead atoms. The third-order valence-electron chi connectivity index (χ3n) is 3.29. The van der Waals surface area contributed by atoms with Crippen LogP contribution in [0.1, 0.15) is 15.9 Å². The first-order valence-corrected chi connectivity index (χ1v) is 8.19. The number of hydrogen-bond acceptors (Lipinski definition) is 5. The normalized spacial score (nSPS) is 10.5. The van der Waals surface area contributed by atoms with E-state index >= 15 is 0 Å². The van der Waals surface area contributed by atoms with E-state index in [1.54, 1.807) is 6.20 Å². The maximum Gasteiger partial charge on any atom is 0.173 e. The van der Waals surface area contributed by atoms with Gasteiger partial charge in [-0.2, -0.15) is 0 Å². The summed E-state index contributed by atoms with van der Waals surface area (Å²) >= 11 is 1.39. The molecule has 3 aromatic rings. The monoisotopic (exact) mass is 321 g/mol. The molecule has 2 aromatic heterocycles. The van der Waals surface area contributed by atoms with Gasteiger partial charge < -0.3 is 0 Å². The summed E-state index contributed by atoms with van der Waals surface area (Å²) in [7, 11) is 0. The highest BCUT2D eigenvalue weighted by molar-refractivity contribution is 7.99. The Kier molecular flexibility index (Phi) is 4.78. The van der Waals surface area contributed by atoms with Crippen molar-refractivity contribution in [1.82, 2.24) is 15.2 Å². The molecule has 0 radical (unpaired) electrons. The van der Waals surface area contributed by atoms with Gasteiger partial charge >= 0.3 is 0 Å². The first kappa shape index (κ1) is 15.4. The zero-order valence-corrected chi connectivity index (χ0v) is 13.5. The van der Waals surface area contributed by atoms with Gasteiger partial charge in [-0.1, -0.05) is 47.7 Å². The van der Waals surface area contributed by atoms with Crippen molar-refractivity contribution in [3.05, 3.63) is 71.9 Å². The average molecular weight is 321 g/mol. The van der Waals surface area contributed by atoms with Crippen molar-refractivity contribution in [3.63, 3.8) is 0 Å². The average Bonchev–Trinajstić information content (AvgIpc) is 2.61. The van der Waals surface area contributed by atoms with Crippen LogP contribution in [0.15, 0.2) is 65.8 Å². The predicted octanol–water partition coefficient (Wildman–Crippen LogP) is 3.82. The molecular weight excluding hydrogens is 306 g/mol. The van der Waals surface area contributed by atoms with E-state index in [2.05, 4.69) is 15.2 Å². The van der Waals surface area contributed by atoms with Gasteiger partial charge in [-0.05, 0) is 31.2 Å². The number of pyridine rings is 1. The number of hydrogen-bond donors (Lipinski definition) is 0. The number of nitrogens with zero attached hydrogens (tertiary/aromatic N) is 3. The minimum atomic E-state index is 0.0885. The molecule has 0 saturated carbocycles. The van der Waals surface area contributed by atoms with Crippen LogP contribution in [-0.2, 0) is 0 Å². The molecule has 0 aliphatic heterocycles. The van der Waals surface area contributed by atoms with Crippen molar-refractivity contribution in [1.29, 1.82) is 0 Å². The number of carbonyl (C=O) groups is 1. The quantitative estimate of drug-likeness (QED) is 0.528. The fourth-order valence-corrected chi connectivity index (χ4v) is 2.72. The molecule has 0 aliphatic rings. The minimum absolute atomic E-state index is 0.0885. The van der Waals surface area contributed by atoms with Gasteiger partial charge in [-0.15, -0.1) is 10.2 Å². The molecule has 0 unspecified atom stereocenters. The molecule has 0 saturated heterocycles. The first-order chi connectivity index (χ1) is 11.2. The van der Waals surface area contributed by atoms with Gasteiger partial charge in [-0.3, -0.25) is 9.78 Å². The molecule has 5 heteroatoms. The Labute approximate surface area is 139 Å². The lowest BCUT2D eigenvalue weighted by Gasteiger charge is -2.03. The molecule has 114 valence electrons. The Morgan fingerprint density at radius 2 is 1.78 bits per heavy atom. The van der Waals surface area contributed by atoms with Crippen LogP contribution in [0.4, 0.5) is 0 Å². The highest BCUT2D eigenvalue weighted by Crippen LogP contribution is 2.19. The molecular formula is C18H15N3OS. The summed E-state index contributed by atoms with van der Waals surface area (Å²) in [6.45, 7) is 2.00. The van der Waals surface area contributed by atoms with Crippen LogP contribution in [0.3, 0.4) is 0 Å². The number of aromatic nitrogens is 3. The van der Waals surface area contributed by atoms with Crippen LogP contribution in [0.5, 0.6) is 0 Å². The largest absolute Gasteiger partial charge is 0.293 e. The van der Waals surface area contributed by atoms with Gasteiger partial charge in [0.05, 0.1) is 11.4 Å². The minimum Gasteiger partial charge on any atom is -0.293 e. The third-order valence-corrected chi connectivity index (χ3v) is 4.21. The van der Waals surface area contributed by atoms with Crippen molar-refractivity contribution in [2.75, 3.05) is 5.75 Å². The summed E-state index contributed by atoms with van der Waals surface area (Å²) in [5.74, 6) is 0.436. The van der Waals surface area contributed by atoms with E-state index in [9.17, 15) is 4.79 Å². The maximum absolute atomic E-state index is 12.1. The number of Topliss-reactive ketones (excluding diaryl/α,β-unsaturated/α-hetero) is 1. The number of ketones is 1. The molecule has 0 atom stereocenters. The van der Waals surface area contributed by atoms with Crippen LogP contribution in [0, 0.1) is 6.92 Å². The molecule has 0 N–H and O–H groups in total. The van der Waals surface area contributed by atoms with E-state index in [1.807, 2.05) is 61.5 Å². The van der Waals surface area contributed by atoms with Crippen LogP contribution in [0.2, 0.25) is 0 Å². The Hall–Kier alpha value is -2.53. The second-order valence-electron chi connectivity index (χ2n) is 5.05. The Balaban J connectivity index is 1.62. The lowest BCUT2D eigenvalue weighted by Crippen LogP contribution is -2.02. The maximum atomic E-state index is 12.1. The van der Waals surface area contributed by atoms with Gasteiger partial charge in [0.2, 0.25) is 0 Å². The third kappa shape index (κ3) is 4.02. The highest BCUT2D eigenvalue weighted by atomic mass is 32.2. The highest BCUT2D eigenvalue weighted by Gasteiger charge is 2.08. The van der Waals surface area contributed by atoms with Gasteiger partial charge in [0.15, 0.2) is 5.78 Å². The lowest BCUT2D eigenvalue weighted by molar-refractivity contribution is 0.102. The Bertz CT molecular complexity index is 787. The summed E-state index contributed by atoms with van der Waals surface area (Å²) in [6.07, 6.45) is 1.72. The fourth-order valence-electron chi connectivity index (χ4n) is 2.01. The molecule has 4 nitrogen and oxygen atoms in total. The van der Waals surface area contributed by atoms with Gasteiger partial charge in [-0.25, -0.2) is 0 Å². The van der Waals surface area contributed by atoms with Crippen molar-refractivity contribution >= 4 is 17.5 Å². The van der Waals surface area contributed by atoms with E-state index in [0.717, 1.165) is 27.5 Å². The Morgan fingerprint density at radius 3 is 2.43 bits per heavy atom. The van der Waals surface area contributed by atoms with Crippen LogP contribution in [-0.4, -0.2) is 26.7 Å². The van der Waals surface area contributed by atoms with Crippen molar-refractivity contribution in [2.24, 2.45) is 0 Å². The van der Waals surface area contributed by atoms with Crippen LogP contribution < -0.4 is 0 Å². The summed E-state index contributed by atoms with van der Waals surface area (Å²) in [6, 6.07) is 17.0. The number of carbonyl (C=O) groups excluding carboxylic acids is 1. The topological polar surface area (TPSA) is 55.7 Å². The number of thioether (sulfide) groups is 1. The molecule has 0 spiro atoms. The zero-order valence-electron chi connectivity index (χ0n) is 12.6. The van der Waals surface area contributed by atoms with Crippen molar-refractivity contribution in [2.45, 2.75) is 11.9 Å². The molecule has 0 amide bonds. The van der Waals surface area contributed by atoms with Crippen molar-refractivity contribution in [3.8, 4) is 11.4 Å². The summed E-state index contributed by atoms with van der Waals surface area (Å²) in [5.41, 5.74) is 3.37. The van der Waals surface area contributed by atoms with E-state index in [1.165, 1.54) is 11.8 Å². The van der Waals surface area contributed by atoms with Gasteiger partial charge in [0.25, 0.3) is 0 Å². The SMILES string of the molecule is Cc1ccc(C(=O)CSc2ccc(-c3ccccn3)nn2)cc1. The zero-order chi connectivity index (χ0) is 16.1. The number of rotatable bonds is 5. The number of aryl methyl sites for hydroxylation is 1. The molecule has 0 fully saturated rings. The van der Waals surface area contributed by atoms with Gasteiger partial charge in [0, 0.05) is 11.8 Å². The van der Waals surface area contributed by atoms with E-state index in [4.69, 9.17) is 0 Å². The summed E-state index contributed by atoms with van der Waals surface area (Å²) in [5, 5.41) is 9.05. The molecule has 3 rings (SSSR count). The lowest BCUT2D eigenvalue weighted by atomic mass is 10.1. The first-order valence-electron chi connectivity index (χ1n) is 7.20. The van der Waals surface area contributed by atoms with Crippen molar-refractivity contribution < 1.29 is 4.79 Å². The molecule has 1 aromatic carbocycles. The van der Waals surface area contributed by atoms with Crippen LogP contribution in [0.25, 0.3) is 11.4 Å². The second kappa shape index (κ2) is 7.15. The van der Waals surface area contributed by atoms with Gasteiger partial charge in [0.1, 0.15) is 10.7 Å². The predicted molar refractivity (Wildman–Crippen MR) is 91.5 cm³/mol. The van der Waals surface area contributed by atoms with E-state index < -0.39 is 0 Å². The summed E-state index contributed by atoms with van der Waals surface area (Å²) in [4.78, 5) is 16.4. The Morgan fingerprint density at radius 1 is 0.957 bits per heavy atom. The molecule has 0 aliphatic carbocycles. The molecule has 2 heterocycles. The smallest absolute Gasteiger partial charge is 0.173 e. The number of benzene rings is 1. The second-order valence-corrected chi connectivity index (χ2v) is 6.05.